The molecule has 0 bridgehead atoms. The summed E-state index contributed by atoms with van der Waals surface area (Å²) in [5, 5.41) is 3.79. The van der Waals surface area contributed by atoms with Crippen molar-refractivity contribution < 1.29 is 14.3 Å². The third kappa shape index (κ3) is 5.34. The van der Waals surface area contributed by atoms with E-state index in [0.717, 1.165) is 0 Å². The van der Waals surface area contributed by atoms with Gasteiger partial charge in [-0.15, -0.1) is 0 Å². The maximum absolute atomic E-state index is 12.4. The van der Waals surface area contributed by atoms with E-state index < -0.39 is 0 Å². The lowest BCUT2D eigenvalue weighted by atomic mass is 10.0. The van der Waals surface area contributed by atoms with Gasteiger partial charge in [0.05, 0.1) is 5.02 Å². The molecule has 0 aliphatic carbocycles. The molecule has 1 N–H and O–H groups in total. The number of benzene rings is 1. The highest BCUT2D eigenvalue weighted by atomic mass is 35.5. The molecule has 6 nitrogen and oxygen atoms in total. The lowest BCUT2D eigenvalue weighted by Crippen LogP contribution is -2.47. The topological polar surface area (TPSA) is 71.5 Å². The molecular formula is C19H19Cl2N3O3. The lowest BCUT2D eigenvalue weighted by Gasteiger charge is -2.32. The minimum Gasteiger partial charge on any atom is -0.482 e. The fourth-order valence-electron chi connectivity index (χ4n) is 2.88. The molecule has 0 saturated carbocycles. The Morgan fingerprint density at radius 1 is 1.19 bits per heavy atom. The molecule has 2 amide bonds. The van der Waals surface area contributed by atoms with Crippen LogP contribution in [0, 0.1) is 0 Å². The molecule has 142 valence electrons. The van der Waals surface area contributed by atoms with Crippen molar-refractivity contribution in [3.8, 4) is 5.75 Å². The molecule has 0 spiro atoms. The second kappa shape index (κ2) is 9.06. The molecule has 0 atom stereocenters. The van der Waals surface area contributed by atoms with Gasteiger partial charge in [-0.3, -0.25) is 14.6 Å². The van der Waals surface area contributed by atoms with Crippen LogP contribution in [0.25, 0.3) is 0 Å². The number of hydrogen-bond donors (Lipinski definition) is 1. The van der Waals surface area contributed by atoms with Crippen LogP contribution in [0.4, 0.5) is 0 Å². The van der Waals surface area contributed by atoms with Crippen LogP contribution in [0.15, 0.2) is 42.6 Å². The fourth-order valence-corrected chi connectivity index (χ4v) is 3.35. The number of nitrogens with one attached hydrogen (secondary N) is 1. The van der Waals surface area contributed by atoms with Crippen molar-refractivity contribution in [2.24, 2.45) is 0 Å². The first-order chi connectivity index (χ1) is 13.0. The number of nitrogens with zero attached hydrogens (tertiary/aromatic N) is 2. The van der Waals surface area contributed by atoms with E-state index in [4.69, 9.17) is 27.9 Å². The van der Waals surface area contributed by atoms with Crippen molar-refractivity contribution in [3.63, 3.8) is 0 Å². The van der Waals surface area contributed by atoms with E-state index in [0.29, 0.717) is 47.4 Å². The quantitative estimate of drug-likeness (QED) is 0.825. The van der Waals surface area contributed by atoms with Crippen LogP contribution in [-0.4, -0.2) is 47.4 Å². The SMILES string of the molecule is O=C(COc1ccc(Cl)cc1Cl)NC1CCN(C(=O)c2ccccn2)CC1. The zero-order valence-corrected chi connectivity index (χ0v) is 16.0. The highest BCUT2D eigenvalue weighted by Gasteiger charge is 2.25. The van der Waals surface area contributed by atoms with Crippen LogP contribution in [-0.2, 0) is 4.79 Å². The Labute approximate surface area is 167 Å². The number of piperidine rings is 1. The van der Waals surface area contributed by atoms with Gasteiger partial charge in [0.25, 0.3) is 11.8 Å². The Kier molecular flexibility index (Phi) is 6.53. The van der Waals surface area contributed by atoms with Crippen molar-refractivity contribution in [1.82, 2.24) is 15.2 Å². The van der Waals surface area contributed by atoms with E-state index in [1.165, 1.54) is 0 Å². The summed E-state index contributed by atoms with van der Waals surface area (Å²) in [6.07, 6.45) is 2.98. The van der Waals surface area contributed by atoms with Crippen molar-refractivity contribution >= 4 is 35.0 Å². The monoisotopic (exact) mass is 407 g/mol. The first kappa shape index (κ1) is 19.5. The Balaban J connectivity index is 1.43. The summed E-state index contributed by atoms with van der Waals surface area (Å²) in [5.41, 5.74) is 0.438. The lowest BCUT2D eigenvalue weighted by molar-refractivity contribution is -0.124. The Bertz CT molecular complexity index is 809. The number of ether oxygens (including phenoxy) is 1. The van der Waals surface area contributed by atoms with Gasteiger partial charge < -0.3 is 15.0 Å². The Hall–Kier alpha value is -2.31. The number of aromatic nitrogens is 1. The molecule has 0 unspecified atom stereocenters. The predicted molar refractivity (Wildman–Crippen MR) is 103 cm³/mol. The molecule has 0 radical (unpaired) electrons. The number of rotatable bonds is 5. The average molecular weight is 408 g/mol. The second-order valence-electron chi connectivity index (χ2n) is 6.21. The summed E-state index contributed by atoms with van der Waals surface area (Å²) in [6, 6.07) is 10.1. The van der Waals surface area contributed by atoms with Gasteiger partial charge in [-0.2, -0.15) is 0 Å². The first-order valence-electron chi connectivity index (χ1n) is 8.60. The van der Waals surface area contributed by atoms with Gasteiger partial charge in [0.2, 0.25) is 0 Å². The standard InChI is InChI=1S/C19H19Cl2N3O3/c20-13-4-5-17(15(21)11-13)27-12-18(25)23-14-6-9-24(10-7-14)19(26)16-3-1-2-8-22-16/h1-5,8,11,14H,6-7,9-10,12H2,(H,23,25). The second-order valence-corrected chi connectivity index (χ2v) is 7.06. The van der Waals surface area contributed by atoms with Crippen LogP contribution in [0.1, 0.15) is 23.3 Å². The van der Waals surface area contributed by atoms with Crippen molar-refractivity contribution in [1.29, 1.82) is 0 Å². The maximum Gasteiger partial charge on any atom is 0.272 e. The molecule has 1 saturated heterocycles. The van der Waals surface area contributed by atoms with E-state index >= 15 is 0 Å². The van der Waals surface area contributed by atoms with Gasteiger partial charge in [-0.25, -0.2) is 0 Å². The van der Waals surface area contributed by atoms with Crippen LogP contribution in [0.3, 0.4) is 0 Å². The molecular weight excluding hydrogens is 389 g/mol. The predicted octanol–water partition coefficient (Wildman–Crippen LogP) is 3.19. The third-order valence-corrected chi connectivity index (χ3v) is 4.81. The van der Waals surface area contributed by atoms with Gasteiger partial charge in [0, 0.05) is 30.4 Å². The number of pyridine rings is 1. The van der Waals surface area contributed by atoms with Gasteiger partial charge >= 0.3 is 0 Å². The first-order valence-corrected chi connectivity index (χ1v) is 9.36. The van der Waals surface area contributed by atoms with Gasteiger partial charge in [-0.05, 0) is 43.2 Å². The van der Waals surface area contributed by atoms with E-state index in [1.807, 2.05) is 0 Å². The summed E-state index contributed by atoms with van der Waals surface area (Å²) < 4.78 is 5.44. The smallest absolute Gasteiger partial charge is 0.272 e. The average Bonchev–Trinajstić information content (AvgIpc) is 2.68. The summed E-state index contributed by atoms with van der Waals surface area (Å²) in [7, 11) is 0. The molecule has 1 aromatic carbocycles. The summed E-state index contributed by atoms with van der Waals surface area (Å²) in [6.45, 7) is 1.02. The van der Waals surface area contributed by atoms with E-state index in [-0.39, 0.29) is 24.5 Å². The maximum atomic E-state index is 12.4. The molecule has 2 aromatic rings. The van der Waals surface area contributed by atoms with Crippen molar-refractivity contribution in [2.75, 3.05) is 19.7 Å². The number of hydrogen-bond acceptors (Lipinski definition) is 4. The number of carbonyl (C=O) groups excluding carboxylic acids is 2. The number of carbonyl (C=O) groups is 2. The number of likely N-dealkylation sites (tertiary alicyclic amines) is 1. The van der Waals surface area contributed by atoms with Gasteiger partial charge in [0.15, 0.2) is 6.61 Å². The highest BCUT2D eigenvalue weighted by Crippen LogP contribution is 2.27. The van der Waals surface area contributed by atoms with E-state index in [1.54, 1.807) is 47.5 Å². The normalized spacial score (nSPS) is 14.7. The van der Waals surface area contributed by atoms with E-state index in [9.17, 15) is 9.59 Å². The number of halogens is 2. The van der Waals surface area contributed by atoms with Crippen LogP contribution in [0.5, 0.6) is 5.75 Å². The molecule has 2 heterocycles. The fraction of sp³-hybridized carbons (Fsp3) is 0.316. The van der Waals surface area contributed by atoms with E-state index in [2.05, 4.69) is 10.3 Å². The minimum absolute atomic E-state index is 0.00886. The van der Waals surface area contributed by atoms with Gasteiger partial charge in [0.1, 0.15) is 11.4 Å². The Morgan fingerprint density at radius 2 is 1.96 bits per heavy atom. The largest absolute Gasteiger partial charge is 0.482 e. The molecule has 27 heavy (non-hydrogen) atoms. The highest BCUT2D eigenvalue weighted by molar-refractivity contribution is 6.35. The van der Waals surface area contributed by atoms with Gasteiger partial charge in [-0.1, -0.05) is 29.3 Å². The zero-order chi connectivity index (χ0) is 19.2. The van der Waals surface area contributed by atoms with Crippen molar-refractivity contribution in [3.05, 3.63) is 58.3 Å². The van der Waals surface area contributed by atoms with Crippen LogP contribution >= 0.6 is 23.2 Å². The minimum atomic E-state index is -0.226. The molecule has 8 heteroatoms. The zero-order valence-electron chi connectivity index (χ0n) is 14.5. The molecule has 3 rings (SSSR count). The molecule has 1 aliphatic rings. The molecule has 1 fully saturated rings. The summed E-state index contributed by atoms with van der Waals surface area (Å²) in [4.78, 5) is 30.3. The molecule has 1 aromatic heterocycles. The summed E-state index contributed by atoms with van der Waals surface area (Å²) in [5.74, 6) is 0.101. The summed E-state index contributed by atoms with van der Waals surface area (Å²) >= 11 is 11.8. The van der Waals surface area contributed by atoms with Crippen LogP contribution < -0.4 is 10.1 Å². The van der Waals surface area contributed by atoms with Crippen LogP contribution in [0.2, 0.25) is 10.0 Å². The van der Waals surface area contributed by atoms with Crippen molar-refractivity contribution in [2.45, 2.75) is 18.9 Å². The molecule has 1 aliphatic heterocycles. The Morgan fingerprint density at radius 3 is 2.63 bits per heavy atom. The number of amides is 2. The third-order valence-electron chi connectivity index (χ3n) is 4.28.